The molecule has 2 N–H and O–H groups in total. The first-order valence-electron chi connectivity index (χ1n) is 8.72. The Balaban J connectivity index is 2.18. The molecule has 1 saturated carbocycles. The molecular weight excluding hydrogens is 260 g/mol. The molecule has 0 amide bonds. The van der Waals surface area contributed by atoms with E-state index in [1.54, 1.807) is 0 Å². The molecule has 21 heavy (non-hydrogen) atoms. The summed E-state index contributed by atoms with van der Waals surface area (Å²) in [5.74, 6) is 1.84. The van der Waals surface area contributed by atoms with Gasteiger partial charge in [0.25, 0.3) is 0 Å². The van der Waals surface area contributed by atoms with Crippen molar-refractivity contribution in [1.82, 2.24) is 15.5 Å². The second-order valence-electron chi connectivity index (χ2n) is 6.81. The number of aliphatic imine (C=N–C) groups is 1. The van der Waals surface area contributed by atoms with Crippen molar-refractivity contribution in [2.24, 2.45) is 10.9 Å². The van der Waals surface area contributed by atoms with Crippen molar-refractivity contribution in [3.05, 3.63) is 0 Å². The Hall–Kier alpha value is -0.770. The molecule has 1 aliphatic carbocycles. The summed E-state index contributed by atoms with van der Waals surface area (Å²) in [5.41, 5.74) is 0. The second-order valence-corrected chi connectivity index (χ2v) is 6.81. The average molecular weight is 297 g/mol. The quantitative estimate of drug-likeness (QED) is 0.390. The van der Waals surface area contributed by atoms with Gasteiger partial charge in [0, 0.05) is 38.3 Å². The van der Waals surface area contributed by atoms with Gasteiger partial charge in [0.15, 0.2) is 5.96 Å². The van der Waals surface area contributed by atoms with Crippen LogP contribution in [0.5, 0.6) is 0 Å². The van der Waals surface area contributed by atoms with Gasteiger partial charge in [-0.2, -0.15) is 0 Å². The highest BCUT2D eigenvalue weighted by Gasteiger charge is 2.36. The minimum Gasteiger partial charge on any atom is -0.356 e. The molecule has 1 fully saturated rings. The fourth-order valence-electron chi connectivity index (χ4n) is 3.07. The number of hydrogen-bond donors (Lipinski definition) is 2. The van der Waals surface area contributed by atoms with Crippen LogP contribution in [0.1, 0.15) is 60.3 Å². The summed E-state index contributed by atoms with van der Waals surface area (Å²) in [7, 11) is 1.86. The summed E-state index contributed by atoms with van der Waals surface area (Å²) >= 11 is 0. The number of guanidine groups is 1. The zero-order chi connectivity index (χ0) is 15.8. The molecule has 124 valence electrons. The van der Waals surface area contributed by atoms with E-state index in [4.69, 9.17) is 0 Å². The van der Waals surface area contributed by atoms with Crippen molar-refractivity contribution in [3.63, 3.8) is 0 Å². The fourth-order valence-corrected chi connectivity index (χ4v) is 3.07. The zero-order valence-electron chi connectivity index (χ0n) is 14.9. The van der Waals surface area contributed by atoms with E-state index >= 15 is 0 Å². The molecule has 2 atom stereocenters. The maximum atomic E-state index is 4.33. The lowest BCUT2D eigenvalue weighted by atomic mass is 10.2. The summed E-state index contributed by atoms with van der Waals surface area (Å²) in [6.45, 7) is 13.5. The van der Waals surface area contributed by atoms with E-state index in [1.165, 1.54) is 19.3 Å². The van der Waals surface area contributed by atoms with Gasteiger partial charge in [0.1, 0.15) is 0 Å². The Bertz CT molecular complexity index is 304. The Kier molecular flexibility index (Phi) is 8.09. The van der Waals surface area contributed by atoms with Crippen molar-refractivity contribution in [3.8, 4) is 0 Å². The number of rotatable bonds is 9. The minimum absolute atomic E-state index is 0.615. The van der Waals surface area contributed by atoms with Gasteiger partial charge in [-0.05, 0) is 52.9 Å². The molecule has 1 aliphatic rings. The third-order valence-electron chi connectivity index (χ3n) is 4.34. The van der Waals surface area contributed by atoms with Crippen molar-refractivity contribution < 1.29 is 0 Å². The molecule has 0 spiro atoms. The molecule has 2 unspecified atom stereocenters. The van der Waals surface area contributed by atoms with Gasteiger partial charge in [0.05, 0.1) is 0 Å². The predicted molar refractivity (Wildman–Crippen MR) is 92.9 cm³/mol. The SMILES string of the molecule is CCCC1CC1NC(=NC)NCCCN(C(C)C)C(C)C. The molecule has 4 nitrogen and oxygen atoms in total. The van der Waals surface area contributed by atoms with Crippen LogP contribution in [0.15, 0.2) is 4.99 Å². The van der Waals surface area contributed by atoms with Gasteiger partial charge in [0.2, 0.25) is 0 Å². The Labute approximate surface area is 131 Å². The largest absolute Gasteiger partial charge is 0.356 e. The molecule has 0 aliphatic heterocycles. The van der Waals surface area contributed by atoms with Gasteiger partial charge >= 0.3 is 0 Å². The lowest BCUT2D eigenvalue weighted by molar-refractivity contribution is 0.173. The van der Waals surface area contributed by atoms with Gasteiger partial charge in [-0.1, -0.05) is 13.3 Å². The van der Waals surface area contributed by atoms with Crippen molar-refractivity contribution in [2.75, 3.05) is 20.1 Å². The standard InChI is InChI=1S/C17H36N4/c1-7-9-15-12-16(15)20-17(18-6)19-10-8-11-21(13(2)3)14(4)5/h13-16H,7-12H2,1-6H3,(H2,18,19,20). The van der Waals surface area contributed by atoms with E-state index < -0.39 is 0 Å². The second kappa shape index (κ2) is 9.29. The predicted octanol–water partition coefficient (Wildman–Crippen LogP) is 2.85. The Morgan fingerprint density at radius 2 is 1.90 bits per heavy atom. The van der Waals surface area contributed by atoms with E-state index in [1.807, 2.05) is 7.05 Å². The molecule has 0 saturated heterocycles. The monoisotopic (exact) mass is 296 g/mol. The maximum absolute atomic E-state index is 4.33. The topological polar surface area (TPSA) is 39.7 Å². The molecule has 0 aromatic heterocycles. The molecule has 4 heteroatoms. The van der Waals surface area contributed by atoms with Crippen LogP contribution < -0.4 is 10.6 Å². The van der Waals surface area contributed by atoms with Crippen LogP contribution in [0.25, 0.3) is 0 Å². The number of nitrogens with zero attached hydrogens (tertiary/aromatic N) is 2. The fraction of sp³-hybridized carbons (Fsp3) is 0.941. The molecular formula is C17H36N4. The highest BCUT2D eigenvalue weighted by Crippen LogP contribution is 2.34. The highest BCUT2D eigenvalue weighted by atomic mass is 15.2. The maximum Gasteiger partial charge on any atom is 0.191 e. The van der Waals surface area contributed by atoms with Gasteiger partial charge in [-0.15, -0.1) is 0 Å². The van der Waals surface area contributed by atoms with Crippen LogP contribution in [-0.2, 0) is 0 Å². The summed E-state index contributed by atoms with van der Waals surface area (Å²) in [6, 6.07) is 1.88. The first kappa shape index (κ1) is 18.3. The van der Waals surface area contributed by atoms with Crippen LogP contribution in [-0.4, -0.2) is 49.1 Å². The van der Waals surface area contributed by atoms with Crippen LogP contribution >= 0.6 is 0 Å². The third kappa shape index (κ3) is 6.68. The van der Waals surface area contributed by atoms with Crippen LogP contribution in [0.3, 0.4) is 0 Å². The molecule has 1 rings (SSSR count). The zero-order valence-corrected chi connectivity index (χ0v) is 14.9. The van der Waals surface area contributed by atoms with E-state index in [2.05, 4.69) is 55.1 Å². The molecule has 0 aromatic carbocycles. The lowest BCUT2D eigenvalue weighted by Crippen LogP contribution is -2.42. The summed E-state index contributed by atoms with van der Waals surface area (Å²) in [6.07, 6.45) is 5.09. The smallest absolute Gasteiger partial charge is 0.191 e. The Morgan fingerprint density at radius 1 is 1.24 bits per heavy atom. The summed E-state index contributed by atoms with van der Waals surface area (Å²) < 4.78 is 0. The highest BCUT2D eigenvalue weighted by molar-refractivity contribution is 5.80. The number of hydrogen-bond acceptors (Lipinski definition) is 2. The summed E-state index contributed by atoms with van der Waals surface area (Å²) in [5, 5.41) is 6.98. The molecule has 0 heterocycles. The first-order valence-corrected chi connectivity index (χ1v) is 8.72. The lowest BCUT2D eigenvalue weighted by Gasteiger charge is -2.30. The third-order valence-corrected chi connectivity index (χ3v) is 4.34. The average Bonchev–Trinajstić information content (AvgIpc) is 3.14. The normalized spacial score (nSPS) is 22.2. The van der Waals surface area contributed by atoms with Crippen LogP contribution in [0.4, 0.5) is 0 Å². The van der Waals surface area contributed by atoms with E-state index in [0.29, 0.717) is 18.1 Å². The van der Waals surface area contributed by atoms with Gasteiger partial charge in [-0.25, -0.2) is 0 Å². The van der Waals surface area contributed by atoms with E-state index in [9.17, 15) is 0 Å². The van der Waals surface area contributed by atoms with Crippen molar-refractivity contribution >= 4 is 5.96 Å². The van der Waals surface area contributed by atoms with Crippen molar-refractivity contribution in [2.45, 2.75) is 78.4 Å². The molecule has 0 bridgehead atoms. The van der Waals surface area contributed by atoms with Crippen molar-refractivity contribution in [1.29, 1.82) is 0 Å². The van der Waals surface area contributed by atoms with E-state index in [-0.39, 0.29) is 0 Å². The molecule has 0 aromatic rings. The molecule has 0 radical (unpaired) electrons. The van der Waals surface area contributed by atoms with Gasteiger partial charge < -0.3 is 10.6 Å². The van der Waals surface area contributed by atoms with Gasteiger partial charge in [-0.3, -0.25) is 9.89 Å². The van der Waals surface area contributed by atoms with Crippen LogP contribution in [0.2, 0.25) is 0 Å². The Morgan fingerprint density at radius 3 is 2.43 bits per heavy atom. The first-order chi connectivity index (χ1) is 9.99. The minimum atomic E-state index is 0.615. The summed E-state index contributed by atoms with van der Waals surface area (Å²) in [4.78, 5) is 6.87. The number of nitrogens with one attached hydrogen (secondary N) is 2. The van der Waals surface area contributed by atoms with Crippen LogP contribution in [0, 0.1) is 5.92 Å². The van der Waals surface area contributed by atoms with E-state index in [0.717, 1.165) is 31.4 Å².